The highest BCUT2D eigenvalue weighted by atomic mass is 35.5. The van der Waals surface area contributed by atoms with Crippen molar-refractivity contribution in [2.75, 3.05) is 5.32 Å². The molecule has 3 rings (SSSR count). The van der Waals surface area contributed by atoms with Crippen molar-refractivity contribution in [2.45, 2.75) is 25.6 Å². The van der Waals surface area contributed by atoms with Gasteiger partial charge in [-0.1, -0.05) is 12.1 Å². The number of amides is 1. The van der Waals surface area contributed by atoms with Crippen molar-refractivity contribution in [1.29, 1.82) is 0 Å². The Balaban J connectivity index is 1.97. The molecule has 1 amide bonds. The quantitative estimate of drug-likeness (QED) is 0.849. The van der Waals surface area contributed by atoms with E-state index in [9.17, 15) is 4.79 Å². The number of halogens is 1. The van der Waals surface area contributed by atoms with Crippen LogP contribution in [-0.2, 0) is 11.2 Å². The molecule has 1 aromatic carbocycles. The second-order valence-electron chi connectivity index (χ2n) is 4.87. The smallest absolute Gasteiger partial charge is 0.228 e. The Morgan fingerprint density at radius 3 is 2.79 bits per heavy atom. The molecule has 1 aromatic heterocycles. The maximum atomic E-state index is 11.3. The standard InChI is InChI=1S/C15H14ClNO2/c1-8-5-12(9(2)19-8)15(16)10-3-4-13-11(6-10)7-14(18)17-13/h3-6,15H,7H2,1-2H3,(H,17,18). The molecule has 2 heterocycles. The van der Waals surface area contributed by atoms with Crippen molar-refractivity contribution in [1.82, 2.24) is 0 Å². The fourth-order valence-electron chi connectivity index (χ4n) is 2.49. The average molecular weight is 276 g/mol. The summed E-state index contributed by atoms with van der Waals surface area (Å²) in [5, 5.41) is 2.57. The first-order chi connectivity index (χ1) is 9.04. The average Bonchev–Trinajstić information content (AvgIpc) is 2.88. The number of carbonyl (C=O) groups excluding carboxylic acids is 1. The SMILES string of the molecule is Cc1cc(C(Cl)c2ccc3c(c2)CC(=O)N3)c(C)o1. The summed E-state index contributed by atoms with van der Waals surface area (Å²) >= 11 is 6.52. The maximum absolute atomic E-state index is 11.3. The lowest BCUT2D eigenvalue weighted by atomic mass is 10.0. The summed E-state index contributed by atoms with van der Waals surface area (Å²) in [5.41, 5.74) is 3.86. The molecule has 1 aliphatic heterocycles. The van der Waals surface area contributed by atoms with Crippen LogP contribution in [0.1, 0.15) is 33.6 Å². The predicted octanol–water partition coefficient (Wildman–Crippen LogP) is 3.72. The van der Waals surface area contributed by atoms with Gasteiger partial charge in [0.15, 0.2) is 0 Å². The summed E-state index contributed by atoms with van der Waals surface area (Å²) in [5.74, 6) is 1.73. The monoisotopic (exact) mass is 275 g/mol. The predicted molar refractivity (Wildman–Crippen MR) is 74.7 cm³/mol. The third kappa shape index (κ3) is 2.15. The van der Waals surface area contributed by atoms with Gasteiger partial charge in [-0.25, -0.2) is 0 Å². The number of hydrogen-bond acceptors (Lipinski definition) is 2. The van der Waals surface area contributed by atoms with E-state index in [1.54, 1.807) is 0 Å². The van der Waals surface area contributed by atoms with E-state index in [1.807, 2.05) is 38.1 Å². The van der Waals surface area contributed by atoms with Gasteiger partial charge in [-0.2, -0.15) is 0 Å². The maximum Gasteiger partial charge on any atom is 0.228 e. The highest BCUT2D eigenvalue weighted by molar-refractivity contribution is 6.22. The van der Waals surface area contributed by atoms with Crippen molar-refractivity contribution in [3.8, 4) is 0 Å². The molecule has 1 unspecified atom stereocenters. The number of anilines is 1. The van der Waals surface area contributed by atoms with Gasteiger partial charge < -0.3 is 9.73 Å². The first-order valence-electron chi connectivity index (χ1n) is 6.18. The van der Waals surface area contributed by atoms with E-state index in [-0.39, 0.29) is 11.3 Å². The highest BCUT2D eigenvalue weighted by Crippen LogP contribution is 2.35. The zero-order valence-electron chi connectivity index (χ0n) is 10.8. The molecular weight excluding hydrogens is 262 g/mol. The summed E-state index contributed by atoms with van der Waals surface area (Å²) in [6.07, 6.45) is 0.427. The number of benzene rings is 1. The summed E-state index contributed by atoms with van der Waals surface area (Å²) in [6.45, 7) is 3.82. The third-order valence-electron chi connectivity index (χ3n) is 3.40. The van der Waals surface area contributed by atoms with Gasteiger partial charge in [0, 0.05) is 11.3 Å². The van der Waals surface area contributed by atoms with Crippen LogP contribution in [0.15, 0.2) is 28.7 Å². The van der Waals surface area contributed by atoms with Gasteiger partial charge >= 0.3 is 0 Å². The van der Waals surface area contributed by atoms with E-state index in [0.29, 0.717) is 6.42 Å². The van der Waals surface area contributed by atoms with E-state index in [2.05, 4.69) is 5.32 Å². The lowest BCUT2D eigenvalue weighted by Gasteiger charge is -2.10. The molecule has 0 fully saturated rings. The van der Waals surface area contributed by atoms with Crippen LogP contribution in [0.4, 0.5) is 5.69 Å². The molecular formula is C15H14ClNO2. The molecule has 0 aliphatic carbocycles. The zero-order valence-corrected chi connectivity index (χ0v) is 11.5. The van der Waals surface area contributed by atoms with Crippen LogP contribution in [0.5, 0.6) is 0 Å². The molecule has 19 heavy (non-hydrogen) atoms. The van der Waals surface area contributed by atoms with Gasteiger partial charge in [0.25, 0.3) is 0 Å². The Morgan fingerprint density at radius 2 is 2.11 bits per heavy atom. The van der Waals surface area contributed by atoms with Gasteiger partial charge in [0.05, 0.1) is 11.8 Å². The fraction of sp³-hybridized carbons (Fsp3) is 0.267. The second kappa shape index (κ2) is 4.42. The van der Waals surface area contributed by atoms with Gasteiger partial charge in [0.1, 0.15) is 11.5 Å². The molecule has 1 N–H and O–H groups in total. The number of carbonyl (C=O) groups is 1. The number of rotatable bonds is 2. The van der Waals surface area contributed by atoms with Crippen LogP contribution in [0, 0.1) is 13.8 Å². The van der Waals surface area contributed by atoms with Gasteiger partial charge in [-0.3, -0.25) is 4.79 Å². The molecule has 98 valence electrons. The summed E-state index contributed by atoms with van der Waals surface area (Å²) in [7, 11) is 0. The van der Waals surface area contributed by atoms with Crippen molar-refractivity contribution < 1.29 is 9.21 Å². The zero-order chi connectivity index (χ0) is 13.6. The summed E-state index contributed by atoms with van der Waals surface area (Å²) in [6, 6.07) is 7.81. The van der Waals surface area contributed by atoms with Gasteiger partial charge in [-0.05, 0) is 37.1 Å². The van der Waals surface area contributed by atoms with Crippen LogP contribution < -0.4 is 5.32 Å². The van der Waals surface area contributed by atoms with Crippen LogP contribution in [0.2, 0.25) is 0 Å². The first-order valence-corrected chi connectivity index (χ1v) is 6.62. The molecule has 0 saturated carbocycles. The van der Waals surface area contributed by atoms with E-state index < -0.39 is 0 Å². The number of nitrogens with one attached hydrogen (secondary N) is 1. The molecule has 4 heteroatoms. The minimum Gasteiger partial charge on any atom is -0.466 e. The summed E-state index contributed by atoms with van der Waals surface area (Å²) < 4.78 is 5.52. The van der Waals surface area contributed by atoms with Crippen LogP contribution in [0.25, 0.3) is 0 Å². The van der Waals surface area contributed by atoms with Crippen LogP contribution in [-0.4, -0.2) is 5.91 Å². The Hall–Kier alpha value is -1.74. The molecule has 1 atom stereocenters. The Morgan fingerprint density at radius 1 is 1.32 bits per heavy atom. The molecule has 0 saturated heterocycles. The topological polar surface area (TPSA) is 42.2 Å². The van der Waals surface area contributed by atoms with Crippen molar-refractivity contribution >= 4 is 23.2 Å². The Kier molecular flexibility index (Phi) is 2.86. The fourth-order valence-corrected chi connectivity index (χ4v) is 2.84. The summed E-state index contributed by atoms with van der Waals surface area (Å²) in [4.78, 5) is 11.3. The van der Waals surface area contributed by atoms with Crippen LogP contribution in [0.3, 0.4) is 0 Å². The number of fused-ring (bicyclic) bond motifs is 1. The Labute approximate surface area is 116 Å². The van der Waals surface area contributed by atoms with E-state index >= 15 is 0 Å². The molecule has 0 bridgehead atoms. The van der Waals surface area contributed by atoms with Crippen LogP contribution >= 0.6 is 11.6 Å². The van der Waals surface area contributed by atoms with Crippen molar-refractivity contribution in [3.63, 3.8) is 0 Å². The van der Waals surface area contributed by atoms with Gasteiger partial charge in [0.2, 0.25) is 5.91 Å². The second-order valence-corrected chi connectivity index (χ2v) is 5.31. The molecule has 1 aliphatic rings. The largest absolute Gasteiger partial charge is 0.466 e. The van der Waals surface area contributed by atoms with Gasteiger partial charge in [-0.15, -0.1) is 11.6 Å². The van der Waals surface area contributed by atoms with Crippen molar-refractivity contribution in [2.24, 2.45) is 0 Å². The number of hydrogen-bond donors (Lipinski definition) is 1. The minimum absolute atomic E-state index is 0.0357. The Bertz CT molecular complexity index is 660. The normalized spacial score (nSPS) is 15.2. The highest BCUT2D eigenvalue weighted by Gasteiger charge is 2.21. The lowest BCUT2D eigenvalue weighted by molar-refractivity contribution is -0.115. The molecule has 2 aromatic rings. The third-order valence-corrected chi connectivity index (χ3v) is 3.89. The minimum atomic E-state index is -0.251. The number of furan rings is 1. The molecule has 0 spiro atoms. The number of aryl methyl sites for hydroxylation is 2. The van der Waals surface area contributed by atoms with E-state index in [1.165, 1.54) is 0 Å². The van der Waals surface area contributed by atoms with E-state index in [0.717, 1.165) is 33.9 Å². The lowest BCUT2D eigenvalue weighted by Crippen LogP contribution is -2.03. The van der Waals surface area contributed by atoms with Crippen molar-refractivity contribution in [3.05, 3.63) is 52.5 Å². The molecule has 3 nitrogen and oxygen atoms in total. The molecule has 0 radical (unpaired) electrons. The van der Waals surface area contributed by atoms with E-state index in [4.69, 9.17) is 16.0 Å². The number of alkyl halides is 1. The first kappa shape index (κ1) is 12.3.